The molecule has 0 fully saturated rings. The number of pyridine rings is 1. The molecule has 35 heavy (non-hydrogen) atoms. The number of benzene rings is 1. The molecule has 0 aliphatic rings. The molecule has 0 radical (unpaired) electrons. The van der Waals surface area contributed by atoms with Crippen LogP contribution in [0.2, 0.25) is 0 Å². The van der Waals surface area contributed by atoms with Gasteiger partial charge in [-0.3, -0.25) is 4.57 Å². The molecule has 1 aromatic carbocycles. The lowest BCUT2D eigenvalue weighted by molar-refractivity contribution is -0.696. The Kier molecular flexibility index (Phi) is 13.7. The fraction of sp³-hybridized carbons (Fsp3) is 0.536. The summed E-state index contributed by atoms with van der Waals surface area (Å²) in [6.45, 7) is 10.9. The van der Waals surface area contributed by atoms with E-state index < -0.39 is 7.60 Å². The predicted molar refractivity (Wildman–Crippen MR) is 143 cm³/mol. The Balaban J connectivity index is 1.97. The Labute approximate surface area is 211 Å². The second kappa shape index (κ2) is 16.5. The zero-order valence-corrected chi connectivity index (χ0v) is 22.8. The van der Waals surface area contributed by atoms with Crippen LogP contribution in [-0.4, -0.2) is 32.6 Å². The molecule has 0 atom stereocenters. The van der Waals surface area contributed by atoms with Crippen molar-refractivity contribution in [2.24, 2.45) is 0 Å². The van der Waals surface area contributed by atoms with Crippen LogP contribution in [0.1, 0.15) is 70.9 Å². The molecule has 1 aromatic heterocycles. The first-order chi connectivity index (χ1) is 17.0. The number of hydrogen-bond acceptors (Lipinski definition) is 5. The van der Waals surface area contributed by atoms with Gasteiger partial charge < -0.3 is 18.5 Å². The molecule has 0 bridgehead atoms. The molecule has 0 amide bonds. The lowest BCUT2D eigenvalue weighted by Gasteiger charge is -2.15. The summed E-state index contributed by atoms with van der Waals surface area (Å²) >= 11 is 0. The summed E-state index contributed by atoms with van der Waals surface area (Å²) in [4.78, 5) is 0. The van der Waals surface area contributed by atoms with E-state index in [9.17, 15) is 4.57 Å². The second-order valence-electron chi connectivity index (χ2n) is 8.34. The van der Waals surface area contributed by atoms with Gasteiger partial charge in [0.25, 0.3) is 0 Å². The van der Waals surface area contributed by atoms with Gasteiger partial charge in [0.1, 0.15) is 6.54 Å². The van der Waals surface area contributed by atoms with E-state index in [1.807, 2.05) is 38.4 Å². The van der Waals surface area contributed by atoms with Crippen molar-refractivity contribution in [1.82, 2.24) is 0 Å². The molecule has 2 rings (SSSR count). The summed E-state index contributed by atoms with van der Waals surface area (Å²) in [5.74, 6) is 1.62. The molecule has 194 valence electrons. The molecule has 7 heteroatoms. The van der Waals surface area contributed by atoms with Crippen LogP contribution in [0.15, 0.2) is 42.7 Å². The van der Waals surface area contributed by atoms with Gasteiger partial charge >= 0.3 is 7.60 Å². The topological polar surface area (TPSA) is 57.9 Å². The summed E-state index contributed by atoms with van der Waals surface area (Å²) in [6.07, 6.45) is 13.6. The Hall–Kier alpha value is -2.14. The number of unbranched alkanes of at least 4 members (excludes halogenated alkanes) is 2. The van der Waals surface area contributed by atoms with Gasteiger partial charge in [0.15, 0.2) is 23.9 Å². The maximum Gasteiger partial charge on any atom is 0.330 e. The predicted octanol–water partition coefficient (Wildman–Crippen LogP) is 7.16. The lowest BCUT2D eigenvalue weighted by Crippen LogP contribution is -2.33. The van der Waals surface area contributed by atoms with Crippen LogP contribution < -0.4 is 14.0 Å². The van der Waals surface area contributed by atoms with Crippen LogP contribution in [0.4, 0.5) is 0 Å². The van der Waals surface area contributed by atoms with Crippen LogP contribution in [0, 0.1) is 0 Å². The van der Waals surface area contributed by atoms with E-state index in [4.69, 9.17) is 18.5 Å². The van der Waals surface area contributed by atoms with Gasteiger partial charge in [0.05, 0.1) is 32.6 Å². The van der Waals surface area contributed by atoms with Crippen LogP contribution in [0.25, 0.3) is 12.2 Å². The van der Waals surface area contributed by atoms with E-state index >= 15 is 0 Å². The first kappa shape index (κ1) is 29.1. The van der Waals surface area contributed by atoms with E-state index in [0.29, 0.717) is 32.6 Å². The first-order valence-corrected chi connectivity index (χ1v) is 14.7. The summed E-state index contributed by atoms with van der Waals surface area (Å²) in [6, 6.07) is 10.2. The Bertz CT molecular complexity index is 919. The van der Waals surface area contributed by atoms with E-state index in [2.05, 4.69) is 48.8 Å². The Morgan fingerprint density at radius 3 is 1.97 bits per heavy atom. The van der Waals surface area contributed by atoms with Gasteiger partial charge in [-0.2, -0.15) is 0 Å². The number of nitrogens with zero attached hydrogens (tertiary/aromatic N) is 1. The summed E-state index contributed by atoms with van der Waals surface area (Å²) in [5, 5.41) is 0. The lowest BCUT2D eigenvalue weighted by atomic mass is 10.1. The monoisotopic (exact) mass is 504 g/mol. The fourth-order valence-corrected chi connectivity index (χ4v) is 5.09. The molecule has 0 N–H and O–H groups in total. The van der Waals surface area contributed by atoms with Crippen molar-refractivity contribution in [3.63, 3.8) is 0 Å². The van der Waals surface area contributed by atoms with Gasteiger partial charge in [-0.25, -0.2) is 4.57 Å². The molecule has 0 aliphatic carbocycles. The molecule has 0 saturated carbocycles. The van der Waals surface area contributed by atoms with Crippen molar-refractivity contribution < 1.29 is 27.7 Å². The summed E-state index contributed by atoms with van der Waals surface area (Å²) in [7, 11) is -2.98. The van der Waals surface area contributed by atoms with Crippen LogP contribution in [-0.2, 0) is 20.2 Å². The molecular weight excluding hydrogens is 461 g/mol. The maximum atomic E-state index is 12.6. The molecule has 0 saturated heterocycles. The third-order valence-electron chi connectivity index (χ3n) is 5.36. The van der Waals surface area contributed by atoms with Crippen LogP contribution >= 0.6 is 7.60 Å². The zero-order valence-electron chi connectivity index (χ0n) is 21.9. The van der Waals surface area contributed by atoms with Crippen molar-refractivity contribution in [3.8, 4) is 11.5 Å². The highest BCUT2D eigenvalue weighted by atomic mass is 31.2. The molecule has 0 aliphatic heterocycles. The molecule has 0 unspecified atom stereocenters. The zero-order chi connectivity index (χ0) is 25.4. The number of aryl methyl sites for hydroxylation is 1. The minimum atomic E-state index is -2.98. The Morgan fingerprint density at radius 1 is 0.771 bits per heavy atom. The number of rotatable bonds is 18. The molecule has 0 spiro atoms. The van der Waals surface area contributed by atoms with E-state index in [1.165, 1.54) is 0 Å². The first-order valence-electron chi connectivity index (χ1n) is 13.0. The van der Waals surface area contributed by atoms with Crippen LogP contribution in [0.5, 0.6) is 11.5 Å². The Morgan fingerprint density at radius 2 is 1.37 bits per heavy atom. The standard InChI is InChI=1S/C28H43NO5P/c1-5-9-21-31-27-15-14-26(24-28(27)32-22-10-6-2)13-12-25-16-19-29(20-17-25)18-11-23-35(30,33-7-3)34-8-4/h12-17,19-20,24H,5-11,18,21-23H2,1-4H3/q+1. The van der Waals surface area contributed by atoms with Gasteiger partial charge in [-0.15, -0.1) is 0 Å². The van der Waals surface area contributed by atoms with E-state index in [-0.39, 0.29) is 0 Å². The van der Waals surface area contributed by atoms with Crippen molar-refractivity contribution in [3.05, 3.63) is 53.9 Å². The third-order valence-corrected chi connectivity index (χ3v) is 7.53. The highest BCUT2D eigenvalue weighted by molar-refractivity contribution is 7.53. The highest BCUT2D eigenvalue weighted by Crippen LogP contribution is 2.48. The van der Waals surface area contributed by atoms with Gasteiger partial charge in [0.2, 0.25) is 0 Å². The van der Waals surface area contributed by atoms with E-state index in [0.717, 1.165) is 61.3 Å². The summed E-state index contributed by atoms with van der Waals surface area (Å²) in [5.41, 5.74) is 2.17. The molecule has 2 aromatic rings. The van der Waals surface area contributed by atoms with Gasteiger partial charge in [-0.05, 0) is 49.9 Å². The smallest absolute Gasteiger partial charge is 0.330 e. The minimum absolute atomic E-state index is 0.395. The van der Waals surface area contributed by atoms with Crippen molar-refractivity contribution in [2.75, 3.05) is 32.6 Å². The average Bonchev–Trinajstić information content (AvgIpc) is 2.85. The molecular formula is C28H43NO5P+. The van der Waals surface area contributed by atoms with Gasteiger partial charge in [-0.1, -0.05) is 44.9 Å². The number of ether oxygens (including phenoxy) is 2. The maximum absolute atomic E-state index is 12.6. The quantitative estimate of drug-likeness (QED) is 0.122. The average molecular weight is 505 g/mol. The normalized spacial score (nSPS) is 11.8. The van der Waals surface area contributed by atoms with Crippen molar-refractivity contribution in [1.29, 1.82) is 0 Å². The third kappa shape index (κ3) is 11.0. The number of hydrogen-bond donors (Lipinski definition) is 0. The fourth-order valence-electron chi connectivity index (χ4n) is 3.44. The molecule has 6 nitrogen and oxygen atoms in total. The second-order valence-corrected chi connectivity index (χ2v) is 10.5. The van der Waals surface area contributed by atoms with E-state index in [1.54, 1.807) is 0 Å². The van der Waals surface area contributed by atoms with Gasteiger partial charge in [0, 0.05) is 18.6 Å². The number of aromatic nitrogens is 1. The summed E-state index contributed by atoms with van der Waals surface area (Å²) < 4.78 is 37.3. The van der Waals surface area contributed by atoms with Crippen molar-refractivity contribution in [2.45, 2.75) is 66.3 Å². The molecule has 1 heterocycles. The largest absolute Gasteiger partial charge is 0.490 e. The van der Waals surface area contributed by atoms with Crippen LogP contribution in [0.3, 0.4) is 0 Å². The highest BCUT2D eigenvalue weighted by Gasteiger charge is 2.23. The SMILES string of the molecule is CCCCOc1ccc(C=Cc2cc[n+](CCCP(=O)(OCC)OCC)cc2)cc1OCCCC. The minimum Gasteiger partial charge on any atom is -0.490 e. The van der Waals surface area contributed by atoms with Crippen molar-refractivity contribution >= 4 is 19.7 Å².